The molecule has 2 N–H and O–H groups in total. The van der Waals surface area contributed by atoms with Crippen molar-refractivity contribution in [2.24, 2.45) is 7.05 Å². The van der Waals surface area contributed by atoms with Crippen LogP contribution < -0.4 is 10.0 Å². The highest BCUT2D eigenvalue weighted by molar-refractivity contribution is 7.87. The highest BCUT2D eigenvalue weighted by Crippen LogP contribution is 2.34. The van der Waals surface area contributed by atoms with E-state index in [4.69, 9.17) is 11.6 Å². The molecule has 2 aromatic heterocycles. The number of carbonyl (C=O) groups excluding carboxylic acids is 1. The molecule has 3 heterocycles. The summed E-state index contributed by atoms with van der Waals surface area (Å²) in [7, 11) is -0.816. The summed E-state index contributed by atoms with van der Waals surface area (Å²) in [6.45, 7) is 0. The van der Waals surface area contributed by atoms with Crippen LogP contribution in [0.4, 0.5) is 10.1 Å². The molecule has 2 atom stereocenters. The normalized spacial score (nSPS) is 21.2. The number of halogens is 2. The SMILES string of the molecule is CN1C(C(=O)Nc2ccc(F)c(Cl)c2)CC(c2cc(-c3ncn(C)n3)cs2)NS1(=O)=O. The van der Waals surface area contributed by atoms with Crippen molar-refractivity contribution in [1.82, 2.24) is 23.8 Å². The van der Waals surface area contributed by atoms with Crippen LogP contribution in [0.25, 0.3) is 11.4 Å². The molecule has 1 aromatic carbocycles. The average molecular weight is 485 g/mol. The lowest BCUT2D eigenvalue weighted by molar-refractivity contribution is -0.120. The zero-order valence-electron chi connectivity index (χ0n) is 16.4. The van der Waals surface area contributed by atoms with Gasteiger partial charge in [-0.15, -0.1) is 11.3 Å². The van der Waals surface area contributed by atoms with E-state index in [1.54, 1.807) is 18.1 Å². The summed E-state index contributed by atoms with van der Waals surface area (Å²) in [5, 5.41) is 8.56. The number of benzene rings is 1. The first-order valence-electron chi connectivity index (χ1n) is 9.09. The van der Waals surface area contributed by atoms with Crippen molar-refractivity contribution < 1.29 is 17.6 Å². The molecular weight excluding hydrogens is 467 g/mol. The Kier molecular flexibility index (Phi) is 5.83. The molecule has 0 spiro atoms. The highest BCUT2D eigenvalue weighted by Gasteiger charge is 2.41. The molecule has 1 aliphatic heterocycles. The van der Waals surface area contributed by atoms with Crippen LogP contribution in [-0.2, 0) is 22.1 Å². The van der Waals surface area contributed by atoms with Crippen LogP contribution in [0.1, 0.15) is 17.3 Å². The van der Waals surface area contributed by atoms with Gasteiger partial charge in [-0.25, -0.2) is 9.37 Å². The largest absolute Gasteiger partial charge is 0.325 e. The quantitative estimate of drug-likeness (QED) is 0.591. The Bertz CT molecular complexity index is 1240. The van der Waals surface area contributed by atoms with E-state index in [2.05, 4.69) is 20.1 Å². The predicted molar refractivity (Wildman–Crippen MR) is 115 cm³/mol. The molecule has 9 nitrogen and oxygen atoms in total. The lowest BCUT2D eigenvalue weighted by Gasteiger charge is -2.35. The Hall–Kier alpha value is -2.38. The molecule has 1 saturated heterocycles. The third-order valence-electron chi connectivity index (χ3n) is 4.88. The maximum absolute atomic E-state index is 13.4. The number of thiophene rings is 1. The zero-order chi connectivity index (χ0) is 22.3. The summed E-state index contributed by atoms with van der Waals surface area (Å²) in [6, 6.07) is 4.00. The third kappa shape index (κ3) is 4.48. The van der Waals surface area contributed by atoms with Gasteiger partial charge in [-0.05, 0) is 30.7 Å². The van der Waals surface area contributed by atoms with Crippen molar-refractivity contribution in [3.05, 3.63) is 51.7 Å². The van der Waals surface area contributed by atoms with Crippen LogP contribution in [-0.4, -0.2) is 46.5 Å². The molecule has 0 radical (unpaired) electrons. The van der Waals surface area contributed by atoms with Crippen LogP contribution in [0.15, 0.2) is 36.0 Å². The van der Waals surface area contributed by atoms with E-state index >= 15 is 0 Å². The van der Waals surface area contributed by atoms with E-state index in [-0.39, 0.29) is 17.1 Å². The lowest BCUT2D eigenvalue weighted by atomic mass is 10.0. The number of likely N-dealkylation sites (N-methyl/N-ethyl adjacent to an activating group) is 1. The number of anilines is 1. The second-order valence-corrected chi connectivity index (χ2v) is 10.2. The van der Waals surface area contributed by atoms with Gasteiger partial charge in [0.1, 0.15) is 18.2 Å². The molecule has 1 amide bonds. The number of nitrogens with one attached hydrogen (secondary N) is 2. The molecule has 4 rings (SSSR count). The van der Waals surface area contributed by atoms with Gasteiger partial charge in [-0.3, -0.25) is 9.48 Å². The number of aryl methyl sites for hydroxylation is 1. The minimum absolute atomic E-state index is 0.142. The molecular formula is C18H18ClFN6O3S2. The van der Waals surface area contributed by atoms with E-state index < -0.39 is 34.0 Å². The molecule has 31 heavy (non-hydrogen) atoms. The third-order valence-corrected chi connectivity index (χ3v) is 7.81. The Labute approximate surface area is 187 Å². The number of amides is 1. The molecule has 1 aliphatic rings. The van der Waals surface area contributed by atoms with Gasteiger partial charge in [0.05, 0.1) is 11.1 Å². The topological polar surface area (TPSA) is 109 Å². The van der Waals surface area contributed by atoms with Crippen LogP contribution in [0.3, 0.4) is 0 Å². The lowest BCUT2D eigenvalue weighted by Crippen LogP contribution is -2.55. The Morgan fingerprint density at radius 1 is 1.35 bits per heavy atom. The summed E-state index contributed by atoms with van der Waals surface area (Å²) in [5.41, 5.74) is 1.04. The average Bonchev–Trinajstić information content (AvgIpc) is 3.35. The molecule has 0 saturated carbocycles. The first-order chi connectivity index (χ1) is 14.6. The molecule has 0 bridgehead atoms. The molecule has 1 fully saturated rings. The number of hydrogen-bond donors (Lipinski definition) is 2. The van der Waals surface area contributed by atoms with E-state index in [0.29, 0.717) is 5.82 Å². The Balaban J connectivity index is 1.57. The maximum Gasteiger partial charge on any atom is 0.280 e. The molecule has 3 aromatic rings. The fraction of sp³-hybridized carbons (Fsp3) is 0.278. The zero-order valence-corrected chi connectivity index (χ0v) is 18.8. The molecule has 0 aliphatic carbocycles. The van der Waals surface area contributed by atoms with Gasteiger partial charge in [0, 0.05) is 35.6 Å². The minimum atomic E-state index is -3.90. The van der Waals surface area contributed by atoms with Crippen LogP contribution in [0.5, 0.6) is 0 Å². The highest BCUT2D eigenvalue weighted by atomic mass is 35.5. The van der Waals surface area contributed by atoms with E-state index in [0.717, 1.165) is 20.8 Å². The van der Waals surface area contributed by atoms with Crippen molar-refractivity contribution in [3.63, 3.8) is 0 Å². The van der Waals surface area contributed by atoms with Crippen molar-refractivity contribution >= 4 is 44.7 Å². The Morgan fingerprint density at radius 3 is 2.81 bits per heavy atom. The van der Waals surface area contributed by atoms with Gasteiger partial charge in [-0.1, -0.05) is 11.6 Å². The summed E-state index contributed by atoms with van der Waals surface area (Å²) < 4.78 is 43.8. The number of nitrogens with zero attached hydrogens (tertiary/aromatic N) is 4. The number of carbonyl (C=O) groups is 1. The van der Waals surface area contributed by atoms with Crippen molar-refractivity contribution in [2.45, 2.75) is 18.5 Å². The summed E-state index contributed by atoms with van der Waals surface area (Å²) in [5.74, 6) is -0.621. The van der Waals surface area contributed by atoms with Crippen LogP contribution in [0.2, 0.25) is 5.02 Å². The van der Waals surface area contributed by atoms with Crippen molar-refractivity contribution in [3.8, 4) is 11.4 Å². The summed E-state index contributed by atoms with van der Waals surface area (Å²) in [4.78, 5) is 17.8. The van der Waals surface area contributed by atoms with Gasteiger partial charge in [0.25, 0.3) is 10.2 Å². The summed E-state index contributed by atoms with van der Waals surface area (Å²) >= 11 is 7.12. The maximum atomic E-state index is 13.4. The fourth-order valence-corrected chi connectivity index (χ4v) is 5.69. The monoisotopic (exact) mass is 484 g/mol. The molecule has 164 valence electrons. The van der Waals surface area contributed by atoms with Gasteiger partial charge in [-0.2, -0.15) is 22.5 Å². The second kappa shape index (κ2) is 8.28. The van der Waals surface area contributed by atoms with Crippen molar-refractivity contribution in [1.29, 1.82) is 0 Å². The number of hydrogen-bond acceptors (Lipinski definition) is 6. The summed E-state index contributed by atoms with van der Waals surface area (Å²) in [6.07, 6.45) is 1.78. The van der Waals surface area contributed by atoms with Gasteiger partial charge >= 0.3 is 0 Å². The fourth-order valence-electron chi connectivity index (χ4n) is 3.22. The predicted octanol–water partition coefficient (Wildman–Crippen LogP) is 2.55. The van der Waals surface area contributed by atoms with E-state index in [1.807, 2.05) is 11.4 Å². The van der Waals surface area contributed by atoms with Gasteiger partial charge in [0.15, 0.2) is 5.82 Å². The number of aromatic nitrogens is 3. The Morgan fingerprint density at radius 2 is 2.13 bits per heavy atom. The van der Waals surface area contributed by atoms with Gasteiger partial charge < -0.3 is 5.32 Å². The molecule has 2 unspecified atom stereocenters. The standard InChI is InChI=1S/C18H18ClFN6O3S2/c1-25-9-21-17(23-25)10-5-16(30-8-10)14-7-15(26(2)31(28,29)24-14)18(27)22-11-3-4-13(20)12(19)6-11/h3-6,8-9,14-15,24H,7H2,1-2H3,(H,22,27). The van der Waals surface area contributed by atoms with E-state index in [1.165, 1.54) is 30.5 Å². The van der Waals surface area contributed by atoms with Gasteiger partial charge in [0.2, 0.25) is 5.91 Å². The first kappa shape index (κ1) is 21.8. The van der Waals surface area contributed by atoms with E-state index in [9.17, 15) is 17.6 Å². The molecule has 13 heteroatoms. The first-order valence-corrected chi connectivity index (χ1v) is 11.8. The van der Waals surface area contributed by atoms with Crippen molar-refractivity contribution in [2.75, 3.05) is 12.4 Å². The smallest absolute Gasteiger partial charge is 0.280 e. The van der Waals surface area contributed by atoms with Crippen LogP contribution >= 0.6 is 22.9 Å². The number of rotatable bonds is 4. The van der Waals surface area contributed by atoms with Crippen LogP contribution in [0, 0.1) is 5.82 Å². The second-order valence-electron chi connectivity index (χ2n) is 7.04. The minimum Gasteiger partial charge on any atom is -0.325 e.